The zero-order valence-electron chi connectivity index (χ0n) is 14.2. The first kappa shape index (κ1) is 16.8. The van der Waals surface area contributed by atoms with E-state index in [1.54, 1.807) is 18.4 Å². The van der Waals surface area contributed by atoms with E-state index >= 15 is 0 Å². The molecule has 0 aliphatic carbocycles. The number of aryl methyl sites for hydroxylation is 1. The van der Waals surface area contributed by atoms with Gasteiger partial charge in [0.2, 0.25) is 0 Å². The zero-order valence-corrected chi connectivity index (χ0v) is 15.8. The summed E-state index contributed by atoms with van der Waals surface area (Å²) < 4.78 is 6.51. The van der Waals surface area contributed by atoms with Gasteiger partial charge in [-0.15, -0.1) is 0 Å². The van der Waals surface area contributed by atoms with Crippen LogP contribution in [0, 0.1) is 6.92 Å². The predicted molar refractivity (Wildman–Crippen MR) is 104 cm³/mol. The molecule has 1 aliphatic heterocycles. The molecule has 0 fully saturated rings. The molecule has 5 heteroatoms. The molecule has 2 heterocycles. The summed E-state index contributed by atoms with van der Waals surface area (Å²) in [6.07, 6.45) is 2.25. The van der Waals surface area contributed by atoms with E-state index in [1.165, 1.54) is 10.6 Å². The highest BCUT2D eigenvalue weighted by molar-refractivity contribution is 9.10. The van der Waals surface area contributed by atoms with Gasteiger partial charge in [0, 0.05) is 16.5 Å². The Labute approximate surface area is 160 Å². The van der Waals surface area contributed by atoms with Gasteiger partial charge in [-0.2, -0.15) is 5.10 Å². The lowest BCUT2D eigenvalue weighted by atomic mass is 10.0. The number of carbonyl (C=O) groups excluding carboxylic acids is 1. The summed E-state index contributed by atoms with van der Waals surface area (Å²) in [5, 5.41) is 6.19. The third-order valence-electron chi connectivity index (χ3n) is 4.47. The normalized spacial score (nSPS) is 16.6. The van der Waals surface area contributed by atoms with Gasteiger partial charge < -0.3 is 4.42 Å². The minimum Gasteiger partial charge on any atom is -0.467 e. The Morgan fingerprint density at radius 2 is 1.85 bits per heavy atom. The summed E-state index contributed by atoms with van der Waals surface area (Å²) in [5.74, 6) is 0.599. The van der Waals surface area contributed by atoms with Crippen LogP contribution < -0.4 is 0 Å². The number of amides is 1. The molecule has 1 aliphatic rings. The lowest BCUT2D eigenvalue weighted by molar-refractivity contribution is 0.0693. The van der Waals surface area contributed by atoms with Gasteiger partial charge in [-0.3, -0.25) is 4.79 Å². The van der Waals surface area contributed by atoms with Gasteiger partial charge in [-0.25, -0.2) is 5.01 Å². The van der Waals surface area contributed by atoms with Crippen LogP contribution in [-0.4, -0.2) is 16.6 Å². The molecule has 0 unspecified atom stereocenters. The minimum atomic E-state index is -0.238. The van der Waals surface area contributed by atoms with Gasteiger partial charge >= 0.3 is 0 Å². The van der Waals surface area contributed by atoms with Gasteiger partial charge in [-0.05, 0) is 48.9 Å². The van der Waals surface area contributed by atoms with E-state index in [0.717, 1.165) is 21.5 Å². The Hall–Kier alpha value is -2.66. The van der Waals surface area contributed by atoms with Crippen molar-refractivity contribution in [2.45, 2.75) is 19.4 Å². The van der Waals surface area contributed by atoms with Gasteiger partial charge in [0.15, 0.2) is 0 Å². The number of carbonyl (C=O) groups is 1. The number of hydrazone groups is 1. The first-order valence-electron chi connectivity index (χ1n) is 8.39. The van der Waals surface area contributed by atoms with Crippen molar-refractivity contribution >= 4 is 27.5 Å². The smallest absolute Gasteiger partial charge is 0.274 e. The Balaban J connectivity index is 1.70. The van der Waals surface area contributed by atoms with Gasteiger partial charge in [0.25, 0.3) is 5.91 Å². The van der Waals surface area contributed by atoms with Gasteiger partial charge in [-0.1, -0.05) is 45.8 Å². The van der Waals surface area contributed by atoms with Gasteiger partial charge in [0.1, 0.15) is 11.8 Å². The highest BCUT2D eigenvalue weighted by Gasteiger charge is 2.35. The molecule has 0 radical (unpaired) electrons. The zero-order chi connectivity index (χ0) is 18.1. The first-order valence-corrected chi connectivity index (χ1v) is 9.18. The fourth-order valence-electron chi connectivity index (χ4n) is 3.05. The maximum atomic E-state index is 13.1. The molecule has 0 saturated carbocycles. The molecule has 4 nitrogen and oxygen atoms in total. The van der Waals surface area contributed by atoms with Crippen LogP contribution in [0.5, 0.6) is 0 Å². The average molecular weight is 409 g/mol. The molecular weight excluding hydrogens is 392 g/mol. The molecule has 0 saturated heterocycles. The van der Waals surface area contributed by atoms with Crippen LogP contribution in [0.2, 0.25) is 0 Å². The summed E-state index contributed by atoms with van der Waals surface area (Å²) in [6, 6.07) is 19.0. The Morgan fingerprint density at radius 3 is 2.50 bits per heavy atom. The number of benzene rings is 2. The van der Waals surface area contributed by atoms with E-state index in [1.807, 2.05) is 36.4 Å². The maximum absolute atomic E-state index is 13.1. The number of nitrogens with zero attached hydrogens (tertiary/aromatic N) is 2. The summed E-state index contributed by atoms with van der Waals surface area (Å²) >= 11 is 3.40. The molecule has 26 heavy (non-hydrogen) atoms. The molecule has 0 spiro atoms. The van der Waals surface area contributed by atoms with E-state index in [0.29, 0.717) is 12.0 Å². The monoisotopic (exact) mass is 408 g/mol. The van der Waals surface area contributed by atoms with Crippen molar-refractivity contribution in [1.29, 1.82) is 0 Å². The van der Waals surface area contributed by atoms with Crippen molar-refractivity contribution in [2.24, 2.45) is 5.10 Å². The van der Waals surface area contributed by atoms with Crippen molar-refractivity contribution in [3.63, 3.8) is 0 Å². The summed E-state index contributed by atoms with van der Waals surface area (Å²) in [4.78, 5) is 13.1. The van der Waals surface area contributed by atoms with Crippen LogP contribution in [0.15, 0.2) is 80.9 Å². The highest BCUT2D eigenvalue weighted by Crippen LogP contribution is 2.34. The SMILES string of the molecule is Cc1ccc(C2=NN(C(=O)c3ccc(Br)cc3)[C@@H](c3ccco3)C2)cc1. The lowest BCUT2D eigenvalue weighted by Gasteiger charge is -2.19. The fraction of sp³-hybridized carbons (Fsp3) is 0.143. The van der Waals surface area contributed by atoms with Crippen LogP contribution in [0.3, 0.4) is 0 Å². The Kier molecular flexibility index (Phi) is 4.47. The lowest BCUT2D eigenvalue weighted by Crippen LogP contribution is -2.26. The Bertz CT molecular complexity index is 945. The molecule has 2 aromatic carbocycles. The molecule has 1 atom stereocenters. The van der Waals surface area contributed by atoms with Crippen LogP contribution in [0.25, 0.3) is 0 Å². The van der Waals surface area contributed by atoms with Crippen molar-refractivity contribution in [3.8, 4) is 0 Å². The molecule has 130 valence electrons. The van der Waals surface area contributed by atoms with E-state index in [4.69, 9.17) is 4.42 Å². The minimum absolute atomic E-state index is 0.138. The second kappa shape index (κ2) is 6.92. The standard InChI is InChI=1S/C21H17BrN2O2/c1-14-4-6-15(7-5-14)18-13-19(20-3-2-12-26-20)24(23-18)21(25)16-8-10-17(22)11-9-16/h2-12,19H,13H2,1H3/t19-/m1/s1. The van der Waals surface area contributed by atoms with Crippen molar-refractivity contribution in [1.82, 2.24) is 5.01 Å². The summed E-state index contributed by atoms with van der Waals surface area (Å²) in [7, 11) is 0. The number of halogens is 1. The van der Waals surface area contributed by atoms with Crippen LogP contribution >= 0.6 is 15.9 Å². The maximum Gasteiger partial charge on any atom is 0.274 e. The summed E-state index contributed by atoms with van der Waals surface area (Å²) in [5.41, 5.74) is 3.70. The number of furan rings is 1. The molecule has 0 N–H and O–H groups in total. The number of hydrogen-bond acceptors (Lipinski definition) is 3. The third kappa shape index (κ3) is 3.22. The number of rotatable bonds is 3. The van der Waals surface area contributed by atoms with Crippen LogP contribution in [0.1, 0.15) is 39.7 Å². The second-order valence-electron chi connectivity index (χ2n) is 6.30. The largest absolute Gasteiger partial charge is 0.467 e. The quantitative estimate of drug-likeness (QED) is 0.586. The summed E-state index contributed by atoms with van der Waals surface area (Å²) in [6.45, 7) is 2.05. The predicted octanol–water partition coefficient (Wildman–Crippen LogP) is 5.34. The molecule has 3 aromatic rings. The molecule has 1 aromatic heterocycles. The second-order valence-corrected chi connectivity index (χ2v) is 7.22. The van der Waals surface area contributed by atoms with Gasteiger partial charge in [0.05, 0.1) is 12.0 Å². The van der Waals surface area contributed by atoms with Crippen molar-refractivity contribution < 1.29 is 9.21 Å². The molecular formula is C21H17BrN2O2. The topological polar surface area (TPSA) is 45.8 Å². The first-order chi connectivity index (χ1) is 12.6. The number of hydrogen-bond donors (Lipinski definition) is 0. The van der Waals surface area contributed by atoms with Crippen LogP contribution in [-0.2, 0) is 0 Å². The third-order valence-corrected chi connectivity index (χ3v) is 4.99. The molecule has 4 rings (SSSR count). The highest BCUT2D eigenvalue weighted by atomic mass is 79.9. The van der Waals surface area contributed by atoms with Crippen molar-refractivity contribution in [2.75, 3.05) is 0 Å². The average Bonchev–Trinajstić information content (AvgIpc) is 3.32. The Morgan fingerprint density at radius 1 is 1.12 bits per heavy atom. The van der Waals surface area contributed by atoms with Crippen LogP contribution in [0.4, 0.5) is 0 Å². The fourth-order valence-corrected chi connectivity index (χ4v) is 3.31. The van der Waals surface area contributed by atoms with E-state index < -0.39 is 0 Å². The molecule has 0 bridgehead atoms. The van der Waals surface area contributed by atoms with Crippen molar-refractivity contribution in [3.05, 3.63) is 93.9 Å². The van der Waals surface area contributed by atoms with E-state index in [2.05, 4.69) is 40.1 Å². The van der Waals surface area contributed by atoms with E-state index in [-0.39, 0.29) is 11.9 Å². The molecule has 1 amide bonds. The van der Waals surface area contributed by atoms with E-state index in [9.17, 15) is 4.79 Å².